The van der Waals surface area contributed by atoms with Crippen molar-refractivity contribution in [1.29, 1.82) is 0 Å². The van der Waals surface area contributed by atoms with Gasteiger partial charge in [0.15, 0.2) is 5.13 Å². The Morgan fingerprint density at radius 3 is 2.85 bits per heavy atom. The molecule has 0 fully saturated rings. The van der Waals surface area contributed by atoms with Crippen molar-refractivity contribution in [3.8, 4) is 0 Å². The highest BCUT2D eigenvalue weighted by Crippen LogP contribution is 2.31. The summed E-state index contributed by atoms with van der Waals surface area (Å²) in [4.78, 5) is 4.25. The van der Waals surface area contributed by atoms with E-state index >= 15 is 0 Å². The van der Waals surface area contributed by atoms with Crippen molar-refractivity contribution in [2.45, 2.75) is 19.8 Å². The third-order valence-corrected chi connectivity index (χ3v) is 3.03. The molecule has 0 saturated carbocycles. The highest BCUT2D eigenvalue weighted by molar-refractivity contribution is 7.22. The molecule has 13 heavy (non-hydrogen) atoms. The fourth-order valence-corrected chi connectivity index (χ4v) is 2.44. The second-order valence-electron chi connectivity index (χ2n) is 3.40. The number of benzene rings is 1. The average molecular weight is 192 g/mol. The Hall–Kier alpha value is -1.09. The van der Waals surface area contributed by atoms with E-state index in [1.54, 1.807) is 11.3 Å². The van der Waals surface area contributed by atoms with Crippen molar-refractivity contribution >= 4 is 26.7 Å². The summed E-state index contributed by atoms with van der Waals surface area (Å²) < 4.78 is 1.23. The van der Waals surface area contributed by atoms with Gasteiger partial charge >= 0.3 is 0 Å². The van der Waals surface area contributed by atoms with Gasteiger partial charge in [0.05, 0.1) is 10.2 Å². The second-order valence-corrected chi connectivity index (χ2v) is 4.43. The number of nitrogens with two attached hydrogens (primary N) is 1. The quantitative estimate of drug-likeness (QED) is 0.754. The number of aromatic nitrogens is 1. The predicted octanol–water partition coefficient (Wildman–Crippen LogP) is 3.00. The van der Waals surface area contributed by atoms with Crippen LogP contribution in [0, 0.1) is 0 Å². The smallest absolute Gasteiger partial charge is 0.181 e. The van der Waals surface area contributed by atoms with Gasteiger partial charge in [0.2, 0.25) is 0 Å². The SMILES string of the molecule is CC(C)c1cccc2nc(N)sc12. The van der Waals surface area contributed by atoms with E-state index in [0.29, 0.717) is 11.0 Å². The molecule has 0 unspecified atom stereocenters. The topological polar surface area (TPSA) is 38.9 Å². The van der Waals surface area contributed by atoms with Crippen molar-refractivity contribution in [3.05, 3.63) is 23.8 Å². The third-order valence-electron chi connectivity index (χ3n) is 2.08. The molecule has 68 valence electrons. The summed E-state index contributed by atoms with van der Waals surface area (Å²) in [6.45, 7) is 4.37. The molecule has 0 aliphatic heterocycles. The molecule has 1 aromatic heterocycles. The molecule has 2 rings (SSSR count). The van der Waals surface area contributed by atoms with Crippen LogP contribution in [0.3, 0.4) is 0 Å². The molecule has 0 aliphatic rings. The van der Waals surface area contributed by atoms with Crippen LogP contribution in [-0.2, 0) is 0 Å². The Morgan fingerprint density at radius 2 is 2.15 bits per heavy atom. The molecule has 3 heteroatoms. The van der Waals surface area contributed by atoms with Crippen LogP contribution < -0.4 is 5.73 Å². The van der Waals surface area contributed by atoms with Gasteiger partial charge in [0.25, 0.3) is 0 Å². The summed E-state index contributed by atoms with van der Waals surface area (Å²) in [6, 6.07) is 6.19. The van der Waals surface area contributed by atoms with E-state index in [4.69, 9.17) is 5.73 Å². The monoisotopic (exact) mass is 192 g/mol. The number of anilines is 1. The zero-order valence-electron chi connectivity index (χ0n) is 7.74. The minimum Gasteiger partial charge on any atom is -0.375 e. The number of nitrogens with zero attached hydrogens (tertiary/aromatic N) is 1. The van der Waals surface area contributed by atoms with Gasteiger partial charge in [-0.2, -0.15) is 0 Å². The maximum atomic E-state index is 5.67. The molecular formula is C10H12N2S. The van der Waals surface area contributed by atoms with Crippen LogP contribution in [0.15, 0.2) is 18.2 Å². The Morgan fingerprint density at radius 1 is 1.38 bits per heavy atom. The van der Waals surface area contributed by atoms with Crippen LogP contribution in [0.4, 0.5) is 5.13 Å². The van der Waals surface area contributed by atoms with Crippen molar-refractivity contribution in [2.24, 2.45) is 0 Å². The van der Waals surface area contributed by atoms with Crippen molar-refractivity contribution < 1.29 is 0 Å². The maximum Gasteiger partial charge on any atom is 0.181 e. The predicted molar refractivity (Wildman–Crippen MR) is 58.1 cm³/mol. The van der Waals surface area contributed by atoms with Gasteiger partial charge in [0, 0.05) is 0 Å². The van der Waals surface area contributed by atoms with Crippen LogP contribution in [0.25, 0.3) is 10.2 Å². The molecule has 0 amide bonds. The Balaban J connectivity index is 2.75. The Kier molecular flexibility index (Phi) is 1.96. The fourth-order valence-electron chi connectivity index (χ4n) is 1.44. The van der Waals surface area contributed by atoms with Crippen molar-refractivity contribution in [1.82, 2.24) is 4.98 Å². The molecule has 1 aromatic carbocycles. The van der Waals surface area contributed by atoms with Crippen LogP contribution >= 0.6 is 11.3 Å². The minimum atomic E-state index is 0.531. The third kappa shape index (κ3) is 1.40. The van der Waals surface area contributed by atoms with E-state index < -0.39 is 0 Å². The van der Waals surface area contributed by atoms with E-state index in [1.807, 2.05) is 12.1 Å². The molecular weight excluding hydrogens is 180 g/mol. The van der Waals surface area contributed by atoms with E-state index in [0.717, 1.165) is 5.52 Å². The van der Waals surface area contributed by atoms with Crippen LogP contribution in [0.5, 0.6) is 0 Å². The van der Waals surface area contributed by atoms with Crippen molar-refractivity contribution in [2.75, 3.05) is 5.73 Å². The number of rotatable bonds is 1. The van der Waals surface area contributed by atoms with E-state index in [-0.39, 0.29) is 0 Å². The van der Waals surface area contributed by atoms with Crippen LogP contribution in [0.2, 0.25) is 0 Å². The first-order valence-corrected chi connectivity index (χ1v) is 5.15. The summed E-state index contributed by atoms with van der Waals surface area (Å²) in [5, 5.41) is 0.656. The van der Waals surface area contributed by atoms with E-state index in [9.17, 15) is 0 Å². The second kappa shape index (κ2) is 3.00. The van der Waals surface area contributed by atoms with Gasteiger partial charge in [-0.3, -0.25) is 0 Å². The van der Waals surface area contributed by atoms with Crippen LogP contribution in [0.1, 0.15) is 25.3 Å². The highest BCUT2D eigenvalue weighted by Gasteiger charge is 2.08. The molecule has 1 heterocycles. The van der Waals surface area contributed by atoms with Gasteiger partial charge in [-0.25, -0.2) is 4.98 Å². The average Bonchev–Trinajstić information content (AvgIpc) is 2.43. The zero-order chi connectivity index (χ0) is 9.42. The first-order chi connectivity index (χ1) is 6.18. The largest absolute Gasteiger partial charge is 0.375 e. The first-order valence-electron chi connectivity index (χ1n) is 4.33. The maximum absolute atomic E-state index is 5.67. The molecule has 0 bridgehead atoms. The Labute approximate surface area is 81.4 Å². The summed E-state index contributed by atoms with van der Waals surface area (Å²) in [5.41, 5.74) is 8.03. The molecule has 2 aromatic rings. The van der Waals surface area contributed by atoms with Crippen LogP contribution in [-0.4, -0.2) is 4.98 Å². The molecule has 0 spiro atoms. The molecule has 2 nitrogen and oxygen atoms in total. The lowest BCUT2D eigenvalue weighted by Gasteiger charge is -2.04. The summed E-state index contributed by atoms with van der Waals surface area (Å²) in [6.07, 6.45) is 0. The number of hydrogen-bond donors (Lipinski definition) is 1. The number of hydrogen-bond acceptors (Lipinski definition) is 3. The fraction of sp³-hybridized carbons (Fsp3) is 0.300. The van der Waals surface area contributed by atoms with Gasteiger partial charge in [0.1, 0.15) is 0 Å². The summed E-state index contributed by atoms with van der Waals surface area (Å²) >= 11 is 1.57. The van der Waals surface area contributed by atoms with E-state index in [2.05, 4.69) is 24.9 Å². The van der Waals surface area contributed by atoms with Crippen molar-refractivity contribution in [3.63, 3.8) is 0 Å². The standard InChI is InChI=1S/C10H12N2S/c1-6(2)7-4-3-5-8-9(7)13-10(11)12-8/h3-6H,1-2H3,(H2,11,12). The lowest BCUT2D eigenvalue weighted by atomic mass is 10.0. The molecule has 0 atom stereocenters. The van der Waals surface area contributed by atoms with Gasteiger partial charge < -0.3 is 5.73 Å². The molecule has 0 saturated heterocycles. The highest BCUT2D eigenvalue weighted by atomic mass is 32.1. The normalized spacial score (nSPS) is 11.3. The van der Waals surface area contributed by atoms with Gasteiger partial charge in [-0.15, -0.1) is 0 Å². The molecule has 2 N–H and O–H groups in total. The summed E-state index contributed by atoms with van der Waals surface area (Å²) in [7, 11) is 0. The lowest BCUT2D eigenvalue weighted by Crippen LogP contribution is -1.86. The Bertz CT molecular complexity index is 431. The minimum absolute atomic E-state index is 0.531. The van der Waals surface area contributed by atoms with E-state index in [1.165, 1.54) is 10.3 Å². The zero-order valence-corrected chi connectivity index (χ0v) is 8.56. The molecule has 0 radical (unpaired) electrons. The number of fused-ring (bicyclic) bond motifs is 1. The number of nitrogen functional groups attached to an aromatic ring is 1. The summed E-state index contributed by atoms with van der Waals surface area (Å²) in [5.74, 6) is 0.531. The number of thiazole rings is 1. The van der Waals surface area contributed by atoms with Gasteiger partial charge in [-0.1, -0.05) is 37.3 Å². The molecule has 0 aliphatic carbocycles. The lowest BCUT2D eigenvalue weighted by molar-refractivity contribution is 0.878. The van der Waals surface area contributed by atoms with Gasteiger partial charge in [-0.05, 0) is 17.5 Å². The first kappa shape index (κ1) is 8.51.